The van der Waals surface area contributed by atoms with Crippen molar-refractivity contribution in [3.05, 3.63) is 35.9 Å². The van der Waals surface area contributed by atoms with Crippen LogP contribution >= 0.6 is 0 Å². The maximum absolute atomic E-state index is 13.7. The van der Waals surface area contributed by atoms with E-state index < -0.39 is 46.8 Å². The monoisotopic (exact) mass is 601 g/mol. The normalized spacial score (nSPS) is 51.0. The van der Waals surface area contributed by atoms with Gasteiger partial charge in [0.2, 0.25) is 0 Å². The number of carbonyl (C=O) groups is 1. The molecular weight excluding hydrogens is 554 g/mol. The molecule has 5 aliphatic carbocycles. The van der Waals surface area contributed by atoms with Gasteiger partial charge >= 0.3 is 5.97 Å². The number of rotatable bonds is 9. The molecule has 1 spiro atoms. The molecule has 1 heterocycles. The number of aliphatic hydroxyl groups excluding tert-OH is 1. The predicted octanol–water partition coefficient (Wildman–Crippen LogP) is 1.76. The van der Waals surface area contributed by atoms with Crippen molar-refractivity contribution in [1.29, 1.82) is 0 Å². The minimum Gasteiger partial charge on any atom is -0.455 e. The fourth-order valence-corrected chi connectivity index (χ4v) is 12.3. The van der Waals surface area contributed by atoms with Gasteiger partial charge in [-0.3, -0.25) is 4.90 Å². The van der Waals surface area contributed by atoms with Gasteiger partial charge in [0.15, 0.2) is 0 Å². The fraction of sp³-hybridized carbons (Fsp3) is 0.788. The number of esters is 1. The van der Waals surface area contributed by atoms with E-state index in [1.54, 1.807) is 52.7 Å². The summed E-state index contributed by atoms with van der Waals surface area (Å²) in [6, 6.07) is 8.79. The minimum absolute atomic E-state index is 0.0186. The lowest BCUT2D eigenvalue weighted by Crippen LogP contribution is -2.80. The fourth-order valence-electron chi connectivity index (χ4n) is 12.3. The molecule has 0 radical (unpaired) electrons. The van der Waals surface area contributed by atoms with Crippen molar-refractivity contribution in [3.63, 3.8) is 0 Å². The molecule has 0 aromatic heterocycles. The minimum atomic E-state index is -1.64. The smallest absolute Gasteiger partial charge is 0.338 e. The molecular formula is C33H47NO9. The number of benzene rings is 1. The van der Waals surface area contributed by atoms with Crippen LogP contribution in [-0.4, -0.2) is 124 Å². The zero-order chi connectivity index (χ0) is 30.5. The first-order valence-corrected chi connectivity index (χ1v) is 15.7. The van der Waals surface area contributed by atoms with Crippen molar-refractivity contribution in [1.82, 2.24) is 4.90 Å². The third-order valence-corrected chi connectivity index (χ3v) is 13.1. The van der Waals surface area contributed by atoms with E-state index in [2.05, 4.69) is 11.8 Å². The van der Waals surface area contributed by atoms with E-state index in [0.717, 1.165) is 25.9 Å². The second-order valence-electron chi connectivity index (χ2n) is 13.9. The van der Waals surface area contributed by atoms with E-state index in [0.29, 0.717) is 12.2 Å². The van der Waals surface area contributed by atoms with Crippen molar-refractivity contribution in [2.45, 2.75) is 73.9 Å². The molecule has 6 aliphatic rings. The Morgan fingerprint density at radius 3 is 2.37 bits per heavy atom. The SMILES string of the molecule is CCN1C[C@]2(COC)CCC(OC)C34C1C([C@H](OC)[C@@H]32)[C@]1(OC)[C@H]2[C@@H](OC(=O)c3ccccc3)[C@@](O)(C[C@@H]24)[C@@H](OC)[C@@H]1O. The van der Waals surface area contributed by atoms with Gasteiger partial charge in [-0.05, 0) is 43.9 Å². The van der Waals surface area contributed by atoms with Gasteiger partial charge in [-0.15, -0.1) is 0 Å². The van der Waals surface area contributed by atoms with Gasteiger partial charge in [-0.2, -0.15) is 0 Å². The van der Waals surface area contributed by atoms with Gasteiger partial charge in [0, 0.05) is 76.7 Å². The largest absolute Gasteiger partial charge is 0.455 e. The number of nitrogens with zero attached hydrogens (tertiary/aromatic N) is 1. The van der Waals surface area contributed by atoms with E-state index in [4.69, 9.17) is 28.4 Å². The van der Waals surface area contributed by atoms with Gasteiger partial charge in [0.1, 0.15) is 29.5 Å². The first kappa shape index (κ1) is 30.0. The molecule has 10 heteroatoms. The van der Waals surface area contributed by atoms with Crippen LogP contribution in [0, 0.1) is 34.5 Å². The van der Waals surface area contributed by atoms with Gasteiger partial charge < -0.3 is 38.6 Å². The van der Waals surface area contributed by atoms with Crippen LogP contribution in [0.3, 0.4) is 0 Å². The van der Waals surface area contributed by atoms with Gasteiger partial charge in [-0.1, -0.05) is 25.1 Å². The van der Waals surface area contributed by atoms with Crippen LogP contribution in [0.1, 0.15) is 36.5 Å². The molecule has 6 fully saturated rings. The Bertz CT molecular complexity index is 1230. The highest BCUT2D eigenvalue weighted by Crippen LogP contribution is 2.80. The first-order valence-electron chi connectivity index (χ1n) is 15.7. The first-order chi connectivity index (χ1) is 20.7. The Morgan fingerprint density at radius 2 is 1.77 bits per heavy atom. The zero-order valence-electron chi connectivity index (χ0n) is 26.1. The molecule has 7 rings (SSSR count). The highest BCUT2D eigenvalue weighted by atomic mass is 16.6. The number of piperidine rings is 1. The summed E-state index contributed by atoms with van der Waals surface area (Å²) in [5.74, 6) is -1.55. The summed E-state index contributed by atoms with van der Waals surface area (Å²) < 4.78 is 38.0. The number of hydrogen-bond acceptors (Lipinski definition) is 10. The highest BCUT2D eigenvalue weighted by Gasteiger charge is 2.90. The van der Waals surface area contributed by atoms with Gasteiger partial charge in [0.25, 0.3) is 0 Å². The molecule has 2 N–H and O–H groups in total. The molecule has 1 aromatic carbocycles. The highest BCUT2D eigenvalue weighted by molar-refractivity contribution is 5.89. The molecule has 1 aromatic rings. The van der Waals surface area contributed by atoms with Gasteiger partial charge in [-0.25, -0.2) is 4.79 Å². The summed E-state index contributed by atoms with van der Waals surface area (Å²) in [7, 11) is 8.45. The van der Waals surface area contributed by atoms with E-state index >= 15 is 0 Å². The van der Waals surface area contributed by atoms with E-state index in [-0.39, 0.29) is 47.8 Å². The molecule has 43 heavy (non-hydrogen) atoms. The number of likely N-dealkylation sites (tertiary alicyclic amines) is 1. The van der Waals surface area contributed by atoms with Crippen molar-refractivity contribution < 1.29 is 43.4 Å². The van der Waals surface area contributed by atoms with Crippen LogP contribution in [0.4, 0.5) is 0 Å². The molecule has 238 valence electrons. The lowest BCUT2D eigenvalue weighted by Gasteiger charge is -2.69. The third kappa shape index (κ3) is 3.34. The number of fused-ring (bicyclic) bond motifs is 2. The van der Waals surface area contributed by atoms with Crippen LogP contribution in [-0.2, 0) is 28.4 Å². The average Bonchev–Trinajstić information content (AvgIpc) is 3.39. The maximum Gasteiger partial charge on any atom is 0.338 e. The topological polar surface area (TPSA) is 116 Å². The summed E-state index contributed by atoms with van der Waals surface area (Å²) in [5, 5.41) is 25.1. The van der Waals surface area contributed by atoms with Crippen molar-refractivity contribution in [2.24, 2.45) is 34.5 Å². The zero-order valence-corrected chi connectivity index (χ0v) is 26.1. The van der Waals surface area contributed by atoms with Crippen molar-refractivity contribution >= 4 is 5.97 Å². The maximum atomic E-state index is 13.7. The number of carbonyl (C=O) groups excluding carboxylic acids is 1. The van der Waals surface area contributed by atoms with Crippen LogP contribution in [0.2, 0.25) is 0 Å². The number of methoxy groups -OCH3 is 5. The summed E-state index contributed by atoms with van der Waals surface area (Å²) in [5.41, 5.74) is -3.15. The summed E-state index contributed by atoms with van der Waals surface area (Å²) in [6.45, 7) is 4.40. The Labute approximate surface area is 253 Å². The summed E-state index contributed by atoms with van der Waals surface area (Å²) >= 11 is 0. The lowest BCUT2D eigenvalue weighted by molar-refractivity contribution is -0.321. The molecule has 10 nitrogen and oxygen atoms in total. The molecule has 14 atom stereocenters. The second kappa shape index (κ2) is 10.2. The van der Waals surface area contributed by atoms with E-state index in [1.807, 2.05) is 6.07 Å². The molecule has 7 bridgehead atoms. The lowest BCUT2D eigenvalue weighted by atomic mass is 9.43. The second-order valence-corrected chi connectivity index (χ2v) is 13.9. The van der Waals surface area contributed by atoms with Gasteiger partial charge in [0.05, 0.1) is 24.4 Å². The Balaban J connectivity index is 1.49. The van der Waals surface area contributed by atoms with Crippen LogP contribution < -0.4 is 0 Å². The molecule has 0 amide bonds. The van der Waals surface area contributed by atoms with E-state index in [9.17, 15) is 15.0 Å². The molecule has 1 aliphatic heterocycles. The van der Waals surface area contributed by atoms with Crippen LogP contribution in [0.15, 0.2) is 30.3 Å². The van der Waals surface area contributed by atoms with Crippen molar-refractivity contribution in [3.8, 4) is 0 Å². The molecule has 1 saturated heterocycles. The third-order valence-electron chi connectivity index (χ3n) is 13.1. The molecule has 4 unspecified atom stereocenters. The number of ether oxygens (including phenoxy) is 6. The van der Waals surface area contributed by atoms with Crippen molar-refractivity contribution in [2.75, 3.05) is 55.2 Å². The number of hydrogen-bond donors (Lipinski definition) is 2. The number of aliphatic hydroxyl groups is 2. The molecule has 5 saturated carbocycles. The van der Waals surface area contributed by atoms with Crippen LogP contribution in [0.5, 0.6) is 0 Å². The summed E-state index contributed by atoms with van der Waals surface area (Å²) in [6.07, 6.45) is -1.58. The summed E-state index contributed by atoms with van der Waals surface area (Å²) in [4.78, 5) is 16.2. The average molecular weight is 602 g/mol. The predicted molar refractivity (Wildman–Crippen MR) is 154 cm³/mol. The van der Waals surface area contributed by atoms with Crippen LogP contribution in [0.25, 0.3) is 0 Å². The standard InChI is InChI=1S/C33H47NO9/c1-7-34-16-30(17-38-2)14-13-20(39-3)32-19-15-31(37)27(43-29(36)18-11-9-8-10-12-18)21(19)33(42-6,26(35)28(31)41-5)22(25(32)34)23(40-4)24(30)32/h8-12,19-28,35,37H,7,13-17H2,1-6H3/t19-,20?,21+,22?,23-,24+,25?,26-,27+,28-,30-,31-,32?,33+/m0/s1. The Morgan fingerprint density at radius 1 is 1.02 bits per heavy atom. The quantitative estimate of drug-likeness (QED) is 0.406. The Hall–Kier alpha value is -1.63. The van der Waals surface area contributed by atoms with E-state index in [1.165, 1.54) is 7.11 Å². The Kier molecular flexibility index (Phi) is 7.12.